The quantitative estimate of drug-likeness (QED) is 0.699. The molecule has 1 aromatic heterocycles. The number of carbonyl (C=O) groups is 2. The highest BCUT2D eigenvalue weighted by atomic mass is 16.2. The lowest BCUT2D eigenvalue weighted by Gasteiger charge is -2.19. The zero-order chi connectivity index (χ0) is 16.8. The molecule has 120 valence electrons. The third kappa shape index (κ3) is 4.30. The number of aromatic nitrogens is 2. The van der Waals surface area contributed by atoms with Crippen LogP contribution in [0.5, 0.6) is 0 Å². The van der Waals surface area contributed by atoms with Gasteiger partial charge in [0, 0.05) is 10.9 Å². The van der Waals surface area contributed by atoms with E-state index >= 15 is 0 Å². The minimum absolute atomic E-state index is 0.0791. The van der Waals surface area contributed by atoms with E-state index in [1.54, 1.807) is 24.4 Å². The standard InChI is InChI=1S/C16H19N5O2/c1-10(2)7-14(16(23)18-6-5-17)20-15(22)11-3-4-13-12(8-11)9-19-21-13/h3-4,8-10,14H,6-7H2,1-2H3,(H,18,23)(H,19,21)(H,20,22). The summed E-state index contributed by atoms with van der Waals surface area (Å²) in [7, 11) is 0. The van der Waals surface area contributed by atoms with E-state index < -0.39 is 6.04 Å². The summed E-state index contributed by atoms with van der Waals surface area (Å²) < 4.78 is 0. The van der Waals surface area contributed by atoms with Gasteiger partial charge < -0.3 is 10.6 Å². The van der Waals surface area contributed by atoms with Crippen LogP contribution < -0.4 is 10.6 Å². The summed E-state index contributed by atoms with van der Waals surface area (Å²) >= 11 is 0. The number of hydrogen-bond donors (Lipinski definition) is 3. The first-order chi connectivity index (χ1) is 11.0. The lowest BCUT2D eigenvalue weighted by molar-refractivity contribution is -0.123. The molecule has 1 aromatic carbocycles. The minimum Gasteiger partial charge on any atom is -0.341 e. The van der Waals surface area contributed by atoms with Crippen molar-refractivity contribution < 1.29 is 9.59 Å². The molecule has 7 heteroatoms. The van der Waals surface area contributed by atoms with Gasteiger partial charge in [-0.15, -0.1) is 0 Å². The van der Waals surface area contributed by atoms with Crippen molar-refractivity contribution in [1.29, 1.82) is 5.26 Å². The maximum Gasteiger partial charge on any atom is 0.251 e. The highest BCUT2D eigenvalue weighted by molar-refractivity contribution is 6.00. The van der Waals surface area contributed by atoms with Crippen LogP contribution in [0.4, 0.5) is 0 Å². The first-order valence-corrected chi connectivity index (χ1v) is 7.40. The molecule has 7 nitrogen and oxygen atoms in total. The number of amides is 2. The number of aromatic amines is 1. The van der Waals surface area contributed by atoms with Crippen LogP contribution >= 0.6 is 0 Å². The average molecular weight is 313 g/mol. The van der Waals surface area contributed by atoms with Gasteiger partial charge in [0.2, 0.25) is 5.91 Å². The summed E-state index contributed by atoms with van der Waals surface area (Å²) in [5.74, 6) is -0.451. The van der Waals surface area contributed by atoms with Crippen molar-refractivity contribution in [3.05, 3.63) is 30.0 Å². The molecule has 1 heterocycles. The molecule has 0 aliphatic rings. The Morgan fingerprint density at radius 3 is 2.87 bits per heavy atom. The number of rotatable bonds is 6. The molecule has 0 aliphatic carbocycles. The fourth-order valence-corrected chi connectivity index (χ4v) is 2.28. The first kappa shape index (κ1) is 16.5. The highest BCUT2D eigenvalue weighted by Gasteiger charge is 2.22. The van der Waals surface area contributed by atoms with Crippen LogP contribution in [0.1, 0.15) is 30.6 Å². The second kappa shape index (κ2) is 7.40. The molecule has 0 saturated carbocycles. The maximum atomic E-state index is 12.4. The van der Waals surface area contributed by atoms with Crippen LogP contribution in [-0.2, 0) is 4.79 Å². The fourth-order valence-electron chi connectivity index (χ4n) is 2.28. The van der Waals surface area contributed by atoms with Crippen LogP contribution in [0.3, 0.4) is 0 Å². The number of carbonyl (C=O) groups excluding carboxylic acids is 2. The summed E-state index contributed by atoms with van der Waals surface area (Å²) in [6.45, 7) is 3.85. The zero-order valence-electron chi connectivity index (χ0n) is 13.1. The second-order valence-corrected chi connectivity index (χ2v) is 5.70. The Morgan fingerprint density at radius 2 is 2.17 bits per heavy atom. The highest BCUT2D eigenvalue weighted by Crippen LogP contribution is 2.13. The lowest BCUT2D eigenvalue weighted by atomic mass is 10.0. The second-order valence-electron chi connectivity index (χ2n) is 5.70. The summed E-state index contributed by atoms with van der Waals surface area (Å²) in [6.07, 6.45) is 2.13. The van der Waals surface area contributed by atoms with Crippen molar-refractivity contribution in [2.24, 2.45) is 5.92 Å². The Labute approximate surface area is 134 Å². The van der Waals surface area contributed by atoms with E-state index in [0.29, 0.717) is 12.0 Å². The molecular weight excluding hydrogens is 294 g/mol. The number of hydrogen-bond acceptors (Lipinski definition) is 4. The largest absolute Gasteiger partial charge is 0.341 e. The summed E-state index contributed by atoms with van der Waals surface area (Å²) in [6, 6.07) is 6.34. The van der Waals surface area contributed by atoms with Gasteiger partial charge in [0.15, 0.2) is 0 Å². The van der Waals surface area contributed by atoms with Gasteiger partial charge in [-0.05, 0) is 30.5 Å². The van der Waals surface area contributed by atoms with Crippen molar-refractivity contribution in [3.8, 4) is 6.07 Å². The van der Waals surface area contributed by atoms with E-state index in [0.717, 1.165) is 10.9 Å². The maximum absolute atomic E-state index is 12.4. The number of fused-ring (bicyclic) bond motifs is 1. The Kier molecular flexibility index (Phi) is 5.31. The van der Waals surface area contributed by atoms with Gasteiger partial charge in [0.05, 0.1) is 17.8 Å². The zero-order valence-corrected chi connectivity index (χ0v) is 13.1. The van der Waals surface area contributed by atoms with Crippen LogP contribution in [0.2, 0.25) is 0 Å². The number of nitrogens with zero attached hydrogens (tertiary/aromatic N) is 2. The van der Waals surface area contributed by atoms with Crippen molar-refractivity contribution >= 4 is 22.7 Å². The average Bonchev–Trinajstić information content (AvgIpc) is 2.98. The third-order valence-corrected chi connectivity index (χ3v) is 3.37. The van der Waals surface area contributed by atoms with Crippen LogP contribution in [0, 0.1) is 17.2 Å². The van der Waals surface area contributed by atoms with Crippen molar-refractivity contribution in [1.82, 2.24) is 20.8 Å². The Hall–Kier alpha value is -2.88. The normalized spacial score (nSPS) is 11.9. The molecule has 0 aliphatic heterocycles. The van der Waals surface area contributed by atoms with Crippen LogP contribution in [0.15, 0.2) is 24.4 Å². The molecule has 0 spiro atoms. The monoisotopic (exact) mass is 313 g/mol. The Balaban J connectivity index is 2.12. The molecule has 1 unspecified atom stereocenters. The van der Waals surface area contributed by atoms with Crippen molar-refractivity contribution in [2.75, 3.05) is 6.54 Å². The van der Waals surface area contributed by atoms with Gasteiger partial charge >= 0.3 is 0 Å². The molecule has 0 saturated heterocycles. The molecule has 23 heavy (non-hydrogen) atoms. The first-order valence-electron chi connectivity index (χ1n) is 7.40. The predicted molar refractivity (Wildman–Crippen MR) is 85.4 cm³/mol. The molecule has 0 radical (unpaired) electrons. The van der Waals surface area contributed by atoms with Gasteiger partial charge in [-0.1, -0.05) is 13.8 Å². The van der Waals surface area contributed by atoms with Crippen molar-refractivity contribution in [2.45, 2.75) is 26.3 Å². The summed E-state index contributed by atoms with van der Waals surface area (Å²) in [5.41, 5.74) is 1.30. The SMILES string of the molecule is CC(C)CC(NC(=O)c1ccc2[nH]ncc2c1)C(=O)NCC#N. The molecule has 2 aromatic rings. The molecular formula is C16H19N5O2. The number of nitrogens with one attached hydrogen (secondary N) is 3. The summed E-state index contributed by atoms with van der Waals surface area (Å²) in [4.78, 5) is 24.5. The molecule has 3 N–H and O–H groups in total. The van der Waals surface area contributed by atoms with Gasteiger partial charge in [-0.2, -0.15) is 10.4 Å². The third-order valence-electron chi connectivity index (χ3n) is 3.37. The van der Waals surface area contributed by atoms with E-state index in [-0.39, 0.29) is 24.3 Å². The van der Waals surface area contributed by atoms with Gasteiger partial charge in [0.1, 0.15) is 12.6 Å². The molecule has 2 rings (SSSR count). The summed E-state index contributed by atoms with van der Waals surface area (Å²) in [5, 5.41) is 21.3. The van der Waals surface area contributed by atoms with Crippen molar-refractivity contribution in [3.63, 3.8) is 0 Å². The Bertz CT molecular complexity index is 744. The molecule has 0 bridgehead atoms. The van der Waals surface area contributed by atoms with E-state index in [1.165, 1.54) is 0 Å². The van der Waals surface area contributed by atoms with Crippen LogP contribution in [-0.4, -0.2) is 34.6 Å². The Morgan fingerprint density at radius 1 is 1.39 bits per heavy atom. The number of H-pyrrole nitrogens is 1. The lowest BCUT2D eigenvalue weighted by Crippen LogP contribution is -2.47. The van der Waals surface area contributed by atoms with E-state index in [4.69, 9.17) is 5.26 Å². The van der Waals surface area contributed by atoms with Gasteiger partial charge in [-0.3, -0.25) is 14.7 Å². The van der Waals surface area contributed by atoms with Gasteiger partial charge in [-0.25, -0.2) is 0 Å². The topological polar surface area (TPSA) is 111 Å². The number of benzene rings is 1. The van der Waals surface area contributed by atoms with E-state index in [2.05, 4.69) is 20.8 Å². The van der Waals surface area contributed by atoms with Gasteiger partial charge in [0.25, 0.3) is 5.91 Å². The number of nitriles is 1. The smallest absolute Gasteiger partial charge is 0.251 e. The molecule has 0 fully saturated rings. The minimum atomic E-state index is -0.670. The van der Waals surface area contributed by atoms with E-state index in [9.17, 15) is 9.59 Å². The molecule has 1 atom stereocenters. The predicted octanol–water partition coefficient (Wildman–Crippen LogP) is 1.35. The fraction of sp³-hybridized carbons (Fsp3) is 0.375. The molecule has 2 amide bonds. The van der Waals surface area contributed by atoms with Crippen LogP contribution in [0.25, 0.3) is 10.9 Å². The van der Waals surface area contributed by atoms with E-state index in [1.807, 2.05) is 19.9 Å².